The van der Waals surface area contributed by atoms with E-state index >= 15 is 0 Å². The minimum absolute atomic E-state index is 0.186. The number of halogens is 1. The molecule has 5 aromatic rings. The van der Waals surface area contributed by atoms with E-state index < -0.39 is 34.2 Å². The molecule has 0 saturated carbocycles. The van der Waals surface area contributed by atoms with E-state index in [1.807, 2.05) is 159 Å². The Morgan fingerprint density at radius 3 is 1.59 bits per heavy atom. The van der Waals surface area contributed by atoms with E-state index in [0.717, 1.165) is 0 Å². The van der Waals surface area contributed by atoms with Crippen LogP contribution in [0.25, 0.3) is 0 Å². The molecule has 0 bridgehead atoms. The quantitative estimate of drug-likeness (QED) is 0.139. The third-order valence-electron chi connectivity index (χ3n) is 6.59. The lowest BCUT2D eigenvalue weighted by Crippen LogP contribution is -2.34. The zero-order valence-electron chi connectivity index (χ0n) is 25.0. The molecule has 234 valence electrons. The Kier molecular flexibility index (Phi) is 10.5. The maximum Gasteiger partial charge on any atom is 0.490 e. The standard InChI is InChI=1S/C34H33ClN3O5P3/c1-28-36-44(40-30-19-9-3-10-20-30)34(27-39-29-17-7-2-8-18-29)37-46(35,43-33-25-15-6-16-26-33)38-45(28,41-31-21-11-4-12-22-31)42-32-23-13-5-14-24-32/h2-26,28,34,37H,27H2,1H3/q+2. The minimum atomic E-state index is -3.47. The van der Waals surface area contributed by atoms with E-state index in [1.165, 1.54) is 0 Å². The van der Waals surface area contributed by atoms with Gasteiger partial charge in [-0.15, -0.1) is 0 Å². The zero-order valence-corrected chi connectivity index (χ0v) is 28.4. The predicted octanol–water partition coefficient (Wildman–Crippen LogP) is 11.2. The summed E-state index contributed by atoms with van der Waals surface area (Å²) < 4.78 is 43.5. The fraction of sp³-hybridized carbons (Fsp3) is 0.118. The lowest BCUT2D eigenvalue weighted by atomic mass is 10.3. The van der Waals surface area contributed by atoms with Gasteiger partial charge in [0, 0.05) is 4.52 Å². The number of benzene rings is 5. The van der Waals surface area contributed by atoms with Gasteiger partial charge < -0.3 is 13.8 Å². The molecule has 46 heavy (non-hydrogen) atoms. The molecule has 0 amide bonds. The molecule has 4 atom stereocenters. The highest BCUT2D eigenvalue weighted by Crippen LogP contribution is 2.74. The normalized spacial score (nSPS) is 21.3. The number of nitrogens with zero attached hydrogens (tertiary/aromatic N) is 2. The van der Waals surface area contributed by atoms with E-state index in [2.05, 4.69) is 5.09 Å². The summed E-state index contributed by atoms with van der Waals surface area (Å²) in [7, 11) is -8.55. The Morgan fingerprint density at radius 2 is 1.09 bits per heavy atom. The number of rotatable bonds is 11. The van der Waals surface area contributed by atoms with Crippen LogP contribution in [0.2, 0.25) is 0 Å². The number of ether oxygens (including phenoxy) is 1. The minimum Gasteiger partial charge on any atom is -0.487 e. The van der Waals surface area contributed by atoms with Gasteiger partial charge in [-0.2, -0.15) is 0 Å². The van der Waals surface area contributed by atoms with Crippen LogP contribution in [0.4, 0.5) is 0 Å². The largest absolute Gasteiger partial charge is 0.490 e. The number of hydrogen-bond acceptors (Lipinski definition) is 8. The van der Waals surface area contributed by atoms with E-state index in [-0.39, 0.29) is 6.61 Å². The van der Waals surface area contributed by atoms with Crippen molar-refractivity contribution < 1.29 is 22.8 Å². The van der Waals surface area contributed by atoms with Crippen LogP contribution in [0, 0.1) is 0 Å². The summed E-state index contributed by atoms with van der Waals surface area (Å²) in [5, 5.41) is 3.51. The molecule has 0 saturated heterocycles. The highest BCUT2D eigenvalue weighted by Gasteiger charge is 2.58. The van der Waals surface area contributed by atoms with Crippen molar-refractivity contribution in [1.29, 1.82) is 0 Å². The van der Waals surface area contributed by atoms with Gasteiger partial charge in [-0.3, -0.25) is 9.05 Å². The molecule has 8 nitrogen and oxygen atoms in total. The van der Waals surface area contributed by atoms with Crippen molar-refractivity contribution in [2.24, 2.45) is 9.26 Å². The first-order chi connectivity index (χ1) is 22.5. The van der Waals surface area contributed by atoms with E-state index in [0.29, 0.717) is 28.7 Å². The van der Waals surface area contributed by atoms with Crippen LogP contribution in [0.5, 0.6) is 28.7 Å². The van der Waals surface area contributed by atoms with Crippen LogP contribution in [0.1, 0.15) is 6.92 Å². The van der Waals surface area contributed by atoms with Gasteiger partial charge in [-0.25, -0.2) is 0 Å². The first kappa shape index (κ1) is 32.1. The van der Waals surface area contributed by atoms with Crippen LogP contribution < -0.4 is 27.9 Å². The van der Waals surface area contributed by atoms with Crippen molar-refractivity contribution in [2.45, 2.75) is 18.5 Å². The van der Waals surface area contributed by atoms with Crippen LogP contribution in [0.15, 0.2) is 161 Å². The molecule has 1 aliphatic heterocycles. The van der Waals surface area contributed by atoms with Crippen LogP contribution in [-0.2, 0) is 0 Å². The number of hydrogen-bond donors (Lipinski definition) is 1. The Bertz CT molecular complexity index is 1730. The topological polar surface area (TPSA) is 82.9 Å². The second kappa shape index (κ2) is 15.1. The maximum atomic E-state index is 7.55. The second-order valence-corrected chi connectivity index (χ2v) is 17.5. The SMILES string of the molecule is CC1N=[P+](Oc2ccccc2)C(COc2ccccc2)N[P+](Cl)(Oc2ccccc2)N=P1(Oc1ccccc1)Oc1ccccc1. The third kappa shape index (κ3) is 8.47. The maximum absolute atomic E-state index is 7.55. The third-order valence-corrected chi connectivity index (χ3v) is 14.9. The summed E-state index contributed by atoms with van der Waals surface area (Å²) >= 11 is 7.55. The van der Waals surface area contributed by atoms with Gasteiger partial charge in [0.1, 0.15) is 17.2 Å². The molecule has 4 unspecified atom stereocenters. The van der Waals surface area contributed by atoms with Crippen molar-refractivity contribution in [3.05, 3.63) is 152 Å². The van der Waals surface area contributed by atoms with Gasteiger partial charge in [-0.1, -0.05) is 101 Å². The second-order valence-electron chi connectivity index (χ2n) is 10.1. The molecular formula is C34H33ClN3O5P3+2. The summed E-state index contributed by atoms with van der Waals surface area (Å²) in [4.78, 5) is 0. The molecule has 0 radical (unpaired) electrons. The fourth-order valence-corrected chi connectivity index (χ4v) is 13.6. The molecule has 1 N–H and O–H groups in total. The van der Waals surface area contributed by atoms with Crippen molar-refractivity contribution >= 4 is 33.8 Å². The molecule has 0 spiro atoms. The predicted molar refractivity (Wildman–Crippen MR) is 188 cm³/mol. The number of nitrogens with one attached hydrogen (secondary N) is 1. The van der Waals surface area contributed by atoms with Gasteiger partial charge in [0.15, 0.2) is 29.3 Å². The van der Waals surface area contributed by atoms with Gasteiger partial charge >= 0.3 is 22.6 Å². The Hall–Kier alpha value is -3.89. The molecule has 12 heteroatoms. The zero-order chi connectivity index (χ0) is 31.7. The van der Waals surface area contributed by atoms with E-state index in [1.54, 1.807) is 0 Å². The summed E-state index contributed by atoms with van der Waals surface area (Å²) in [6.45, 7) is 2.11. The van der Waals surface area contributed by atoms with Crippen LogP contribution in [-0.4, -0.2) is 18.2 Å². The average Bonchev–Trinajstić information content (AvgIpc) is 3.08. The Labute approximate surface area is 275 Å². The van der Waals surface area contributed by atoms with Crippen LogP contribution in [0.3, 0.4) is 0 Å². The monoisotopic (exact) mass is 691 g/mol. The fourth-order valence-electron chi connectivity index (χ4n) is 4.41. The molecule has 0 fully saturated rings. The van der Waals surface area contributed by atoms with Crippen molar-refractivity contribution in [3.63, 3.8) is 0 Å². The molecule has 0 aliphatic carbocycles. The molecule has 0 aromatic heterocycles. The summed E-state index contributed by atoms with van der Waals surface area (Å²) in [6.07, 6.45) is 0. The first-order valence-corrected chi connectivity index (χ1v) is 20.1. The average molecular weight is 692 g/mol. The highest BCUT2D eigenvalue weighted by molar-refractivity contribution is 7.95. The Balaban J connectivity index is 1.50. The van der Waals surface area contributed by atoms with Gasteiger partial charge in [0.05, 0.1) is 0 Å². The Morgan fingerprint density at radius 1 is 0.652 bits per heavy atom. The molecule has 1 heterocycles. The smallest absolute Gasteiger partial charge is 0.487 e. The van der Waals surface area contributed by atoms with Gasteiger partial charge in [0.2, 0.25) is 5.78 Å². The molecular weight excluding hydrogens is 659 g/mol. The lowest BCUT2D eigenvalue weighted by molar-refractivity contribution is 0.306. The van der Waals surface area contributed by atoms with Crippen molar-refractivity contribution in [1.82, 2.24) is 5.09 Å². The molecule has 6 rings (SSSR count). The van der Waals surface area contributed by atoms with Crippen molar-refractivity contribution in [2.75, 3.05) is 6.61 Å². The summed E-state index contributed by atoms with van der Waals surface area (Å²) in [5.74, 6) is 1.90. The summed E-state index contributed by atoms with van der Waals surface area (Å²) in [5.41, 5.74) is 0. The van der Waals surface area contributed by atoms with Crippen LogP contribution >= 0.6 is 33.8 Å². The highest BCUT2D eigenvalue weighted by atomic mass is 35.7. The first-order valence-electron chi connectivity index (χ1n) is 14.6. The van der Waals surface area contributed by atoms with Crippen molar-refractivity contribution in [3.8, 4) is 28.7 Å². The summed E-state index contributed by atoms with van der Waals surface area (Å²) in [6, 6.07) is 47.3. The van der Waals surface area contributed by atoms with Gasteiger partial charge in [-0.05, 0) is 67.6 Å². The van der Waals surface area contributed by atoms with E-state index in [4.69, 9.17) is 43.3 Å². The molecule has 5 aromatic carbocycles. The lowest BCUT2D eigenvalue weighted by Gasteiger charge is -2.29. The van der Waals surface area contributed by atoms with Gasteiger partial charge in [0.25, 0.3) is 5.78 Å². The molecule has 1 aliphatic rings. The number of para-hydroxylation sites is 5. The van der Waals surface area contributed by atoms with E-state index in [9.17, 15) is 0 Å².